The molecule has 0 aliphatic carbocycles. The van der Waals surface area contributed by atoms with E-state index in [-0.39, 0.29) is 18.4 Å². The molecule has 5 heteroatoms. The zero-order chi connectivity index (χ0) is 15.2. The van der Waals surface area contributed by atoms with Crippen molar-refractivity contribution in [3.05, 3.63) is 57.8 Å². The number of hydrogen-bond acceptors (Lipinski definition) is 3. The van der Waals surface area contributed by atoms with Crippen molar-refractivity contribution in [2.45, 2.75) is 13.5 Å². The topological polar surface area (TPSA) is 49.4 Å². The van der Waals surface area contributed by atoms with Crippen molar-refractivity contribution in [1.29, 1.82) is 0 Å². The largest absolute Gasteiger partial charge is 0.343 e. The number of rotatable bonds is 5. The van der Waals surface area contributed by atoms with Gasteiger partial charge in [0.2, 0.25) is 5.91 Å². The molecule has 21 heavy (non-hydrogen) atoms. The van der Waals surface area contributed by atoms with Gasteiger partial charge in [0.1, 0.15) is 0 Å². The molecule has 0 radical (unpaired) electrons. The van der Waals surface area contributed by atoms with Crippen LogP contribution in [0.1, 0.15) is 21.5 Å². The number of thiophene rings is 1. The molecule has 0 bridgehead atoms. The van der Waals surface area contributed by atoms with Gasteiger partial charge in [-0.05, 0) is 41.4 Å². The second kappa shape index (κ2) is 7.04. The Balaban J connectivity index is 1.83. The Bertz CT molecular complexity index is 606. The lowest BCUT2D eigenvalue weighted by Gasteiger charge is -2.16. The normalized spacial score (nSPS) is 10.2. The first-order valence-corrected chi connectivity index (χ1v) is 7.60. The molecule has 2 rings (SSSR count). The molecule has 1 heterocycles. The molecule has 2 amide bonds. The predicted molar refractivity (Wildman–Crippen MR) is 84.3 cm³/mol. The summed E-state index contributed by atoms with van der Waals surface area (Å²) in [5.74, 6) is -0.339. The highest BCUT2D eigenvalue weighted by molar-refractivity contribution is 7.07. The van der Waals surface area contributed by atoms with Crippen molar-refractivity contribution in [3.63, 3.8) is 0 Å². The fourth-order valence-corrected chi connectivity index (χ4v) is 2.50. The van der Waals surface area contributed by atoms with Gasteiger partial charge < -0.3 is 10.2 Å². The minimum Gasteiger partial charge on any atom is -0.343 e. The van der Waals surface area contributed by atoms with Crippen LogP contribution < -0.4 is 5.32 Å². The van der Waals surface area contributed by atoms with E-state index in [1.807, 2.05) is 35.9 Å². The molecule has 2 aromatic rings. The number of benzene rings is 1. The minimum absolute atomic E-state index is 0.00729. The van der Waals surface area contributed by atoms with Crippen LogP contribution in [0.2, 0.25) is 0 Å². The van der Waals surface area contributed by atoms with E-state index in [1.165, 1.54) is 0 Å². The molecule has 1 N–H and O–H groups in total. The Morgan fingerprint density at radius 1 is 1.19 bits per heavy atom. The number of nitrogens with zero attached hydrogens (tertiary/aromatic N) is 1. The third kappa shape index (κ3) is 4.43. The molecular weight excluding hydrogens is 284 g/mol. The van der Waals surface area contributed by atoms with Crippen LogP contribution >= 0.6 is 11.3 Å². The van der Waals surface area contributed by atoms with Crippen molar-refractivity contribution >= 4 is 23.2 Å². The van der Waals surface area contributed by atoms with Gasteiger partial charge in [0, 0.05) is 19.2 Å². The third-order valence-electron chi connectivity index (χ3n) is 3.14. The highest BCUT2D eigenvalue weighted by Gasteiger charge is 2.12. The van der Waals surface area contributed by atoms with E-state index in [4.69, 9.17) is 0 Å². The van der Waals surface area contributed by atoms with E-state index in [1.54, 1.807) is 35.4 Å². The number of likely N-dealkylation sites (N-methyl/N-ethyl adjacent to an activating group) is 1. The SMILES string of the molecule is Cc1ccc(C(=O)NCC(=O)N(C)Cc2ccsc2)cc1. The molecule has 0 saturated carbocycles. The van der Waals surface area contributed by atoms with Gasteiger partial charge >= 0.3 is 0 Å². The van der Waals surface area contributed by atoms with Gasteiger partial charge in [0.05, 0.1) is 6.54 Å². The highest BCUT2D eigenvalue weighted by Crippen LogP contribution is 2.08. The van der Waals surface area contributed by atoms with Crippen LogP contribution in [0.5, 0.6) is 0 Å². The van der Waals surface area contributed by atoms with Crippen LogP contribution in [-0.4, -0.2) is 30.3 Å². The smallest absolute Gasteiger partial charge is 0.251 e. The first-order valence-electron chi connectivity index (χ1n) is 6.66. The van der Waals surface area contributed by atoms with Crippen LogP contribution in [0.4, 0.5) is 0 Å². The van der Waals surface area contributed by atoms with Crippen molar-refractivity contribution in [3.8, 4) is 0 Å². The van der Waals surface area contributed by atoms with Gasteiger partial charge in [-0.1, -0.05) is 17.7 Å². The summed E-state index contributed by atoms with van der Waals surface area (Å²) in [6, 6.07) is 9.24. The van der Waals surface area contributed by atoms with E-state index in [2.05, 4.69) is 5.32 Å². The van der Waals surface area contributed by atoms with E-state index in [9.17, 15) is 9.59 Å². The van der Waals surface area contributed by atoms with Gasteiger partial charge in [-0.3, -0.25) is 9.59 Å². The van der Waals surface area contributed by atoms with E-state index < -0.39 is 0 Å². The standard InChI is InChI=1S/C16H18N2O2S/c1-12-3-5-14(6-4-12)16(20)17-9-15(19)18(2)10-13-7-8-21-11-13/h3-8,11H,9-10H2,1-2H3,(H,17,20). The first-order chi connectivity index (χ1) is 10.1. The third-order valence-corrected chi connectivity index (χ3v) is 3.87. The summed E-state index contributed by atoms with van der Waals surface area (Å²) < 4.78 is 0. The van der Waals surface area contributed by atoms with Gasteiger partial charge in [-0.15, -0.1) is 0 Å². The summed E-state index contributed by atoms with van der Waals surface area (Å²) in [7, 11) is 1.73. The molecule has 0 saturated heterocycles. The molecule has 0 atom stereocenters. The Hall–Kier alpha value is -2.14. The molecule has 0 unspecified atom stereocenters. The quantitative estimate of drug-likeness (QED) is 0.922. The van der Waals surface area contributed by atoms with Gasteiger partial charge in [-0.25, -0.2) is 0 Å². The lowest BCUT2D eigenvalue weighted by atomic mass is 10.1. The molecular formula is C16H18N2O2S. The Morgan fingerprint density at radius 2 is 1.90 bits per heavy atom. The fraction of sp³-hybridized carbons (Fsp3) is 0.250. The van der Waals surface area contributed by atoms with Crippen LogP contribution in [-0.2, 0) is 11.3 Å². The van der Waals surface area contributed by atoms with E-state index in [0.29, 0.717) is 12.1 Å². The molecule has 0 aliphatic heterocycles. The number of aryl methyl sites for hydroxylation is 1. The Morgan fingerprint density at radius 3 is 2.52 bits per heavy atom. The molecule has 0 aliphatic rings. The molecule has 0 fully saturated rings. The maximum Gasteiger partial charge on any atom is 0.251 e. The Labute approximate surface area is 128 Å². The van der Waals surface area contributed by atoms with E-state index in [0.717, 1.165) is 11.1 Å². The molecule has 4 nitrogen and oxygen atoms in total. The number of carbonyl (C=O) groups excluding carboxylic acids is 2. The summed E-state index contributed by atoms with van der Waals surface area (Å²) >= 11 is 1.60. The molecule has 0 spiro atoms. The first kappa shape index (κ1) is 15.3. The van der Waals surface area contributed by atoms with Gasteiger partial charge in [0.15, 0.2) is 0 Å². The van der Waals surface area contributed by atoms with Crippen molar-refractivity contribution in [2.75, 3.05) is 13.6 Å². The predicted octanol–water partition coefficient (Wildman–Crippen LogP) is 2.44. The summed E-state index contributed by atoms with van der Waals surface area (Å²) in [6.45, 7) is 2.53. The van der Waals surface area contributed by atoms with E-state index >= 15 is 0 Å². The zero-order valence-corrected chi connectivity index (χ0v) is 12.9. The minimum atomic E-state index is -0.229. The number of hydrogen-bond donors (Lipinski definition) is 1. The second-order valence-corrected chi connectivity index (χ2v) is 5.71. The number of carbonyl (C=O) groups is 2. The summed E-state index contributed by atoms with van der Waals surface area (Å²) in [6.07, 6.45) is 0. The number of amides is 2. The zero-order valence-electron chi connectivity index (χ0n) is 12.1. The molecule has 110 valence electrons. The maximum atomic E-state index is 12.0. The summed E-state index contributed by atoms with van der Waals surface area (Å²) in [5.41, 5.74) is 2.76. The van der Waals surface area contributed by atoms with Crippen molar-refractivity contribution < 1.29 is 9.59 Å². The van der Waals surface area contributed by atoms with Gasteiger partial charge in [-0.2, -0.15) is 11.3 Å². The lowest BCUT2D eigenvalue weighted by molar-refractivity contribution is -0.129. The lowest BCUT2D eigenvalue weighted by Crippen LogP contribution is -2.37. The molecule has 1 aromatic heterocycles. The van der Waals surface area contributed by atoms with Crippen LogP contribution in [0.15, 0.2) is 41.1 Å². The van der Waals surface area contributed by atoms with Crippen LogP contribution in [0, 0.1) is 6.92 Å². The van der Waals surface area contributed by atoms with Crippen molar-refractivity contribution in [1.82, 2.24) is 10.2 Å². The maximum absolute atomic E-state index is 12.0. The Kier molecular flexibility index (Phi) is 5.11. The van der Waals surface area contributed by atoms with Crippen molar-refractivity contribution in [2.24, 2.45) is 0 Å². The summed E-state index contributed by atoms with van der Waals surface area (Å²) in [5, 5.41) is 6.64. The van der Waals surface area contributed by atoms with Gasteiger partial charge in [0.25, 0.3) is 5.91 Å². The van der Waals surface area contributed by atoms with Crippen LogP contribution in [0.25, 0.3) is 0 Å². The fourth-order valence-electron chi connectivity index (χ4n) is 1.84. The number of nitrogens with one attached hydrogen (secondary N) is 1. The average Bonchev–Trinajstić information content (AvgIpc) is 2.98. The highest BCUT2D eigenvalue weighted by atomic mass is 32.1. The monoisotopic (exact) mass is 302 g/mol. The second-order valence-electron chi connectivity index (χ2n) is 4.93. The van der Waals surface area contributed by atoms with Crippen LogP contribution in [0.3, 0.4) is 0 Å². The summed E-state index contributed by atoms with van der Waals surface area (Å²) in [4.78, 5) is 25.5. The molecule has 1 aromatic carbocycles. The average molecular weight is 302 g/mol.